The van der Waals surface area contributed by atoms with E-state index >= 15 is 0 Å². The minimum Gasteiger partial charge on any atom is -0.356 e. The molecule has 3 heterocycles. The molecule has 2 fully saturated rings. The summed E-state index contributed by atoms with van der Waals surface area (Å²) in [7, 11) is 0. The van der Waals surface area contributed by atoms with Gasteiger partial charge in [-0.05, 0) is 37.0 Å². The number of aromatic nitrogens is 2. The number of amides is 2. The Morgan fingerprint density at radius 3 is 2.50 bits per heavy atom. The quantitative estimate of drug-likeness (QED) is 0.858. The van der Waals surface area contributed by atoms with Crippen LogP contribution in [-0.4, -0.2) is 48.0 Å². The Balaban J connectivity index is 1.24. The van der Waals surface area contributed by atoms with Crippen LogP contribution in [0.4, 0.5) is 11.6 Å². The van der Waals surface area contributed by atoms with Crippen LogP contribution >= 0.6 is 0 Å². The van der Waals surface area contributed by atoms with Gasteiger partial charge in [-0.1, -0.05) is 18.2 Å². The number of anilines is 2. The van der Waals surface area contributed by atoms with Crippen molar-refractivity contribution in [3.8, 4) is 0 Å². The van der Waals surface area contributed by atoms with Crippen LogP contribution in [0.1, 0.15) is 19.3 Å². The summed E-state index contributed by atoms with van der Waals surface area (Å²) in [4.78, 5) is 37.4. The van der Waals surface area contributed by atoms with E-state index < -0.39 is 0 Å². The highest BCUT2D eigenvalue weighted by molar-refractivity contribution is 6.00. The highest BCUT2D eigenvalue weighted by Crippen LogP contribution is 2.25. The van der Waals surface area contributed by atoms with E-state index in [2.05, 4.69) is 20.2 Å². The molecule has 1 aromatic heterocycles. The van der Waals surface area contributed by atoms with E-state index in [1.54, 1.807) is 17.3 Å². The number of nitrogens with zero attached hydrogens (tertiary/aromatic N) is 4. The number of carbonyl (C=O) groups is 2. The van der Waals surface area contributed by atoms with Crippen molar-refractivity contribution in [2.75, 3.05) is 36.0 Å². The maximum atomic E-state index is 12.6. The molecule has 2 aromatic rings. The molecule has 0 radical (unpaired) electrons. The monoisotopic (exact) mass is 379 g/mol. The number of carbonyl (C=O) groups excluding carboxylic acids is 2. The second kappa shape index (κ2) is 8.37. The van der Waals surface area contributed by atoms with Gasteiger partial charge in [0.1, 0.15) is 0 Å². The predicted octanol–water partition coefficient (Wildman–Crippen LogP) is 1.86. The molecular weight excluding hydrogens is 354 g/mol. The van der Waals surface area contributed by atoms with Crippen molar-refractivity contribution in [1.29, 1.82) is 0 Å². The van der Waals surface area contributed by atoms with Crippen LogP contribution < -0.4 is 15.1 Å². The molecule has 1 atom stereocenters. The molecule has 146 valence electrons. The summed E-state index contributed by atoms with van der Waals surface area (Å²) < 4.78 is 0. The molecule has 4 rings (SSSR count). The molecule has 1 aromatic carbocycles. The second-order valence-corrected chi connectivity index (χ2v) is 7.47. The highest BCUT2D eigenvalue weighted by Gasteiger charge is 2.35. The Kier molecular flexibility index (Phi) is 5.50. The average Bonchev–Trinajstić information content (AvgIpc) is 3.15. The first-order valence-corrected chi connectivity index (χ1v) is 9.86. The molecule has 7 heteroatoms. The SMILES string of the molecule is O=C(NCC1CCN(c2ncccn2)CC1)C1CC(=O)N(c2ccccc2)C1. The largest absolute Gasteiger partial charge is 0.356 e. The van der Waals surface area contributed by atoms with Gasteiger partial charge in [-0.2, -0.15) is 0 Å². The third-order valence-electron chi connectivity index (χ3n) is 5.58. The molecule has 2 aliphatic heterocycles. The maximum Gasteiger partial charge on any atom is 0.227 e. The molecule has 2 saturated heterocycles. The van der Waals surface area contributed by atoms with Crippen molar-refractivity contribution in [3.05, 3.63) is 48.8 Å². The zero-order chi connectivity index (χ0) is 19.3. The lowest BCUT2D eigenvalue weighted by Crippen LogP contribution is -2.41. The fourth-order valence-electron chi connectivity index (χ4n) is 3.92. The van der Waals surface area contributed by atoms with E-state index in [1.165, 1.54) is 0 Å². The van der Waals surface area contributed by atoms with Crippen LogP contribution in [0.25, 0.3) is 0 Å². The van der Waals surface area contributed by atoms with Gasteiger partial charge in [0.2, 0.25) is 17.8 Å². The summed E-state index contributed by atoms with van der Waals surface area (Å²) in [6, 6.07) is 11.4. The number of piperidine rings is 1. The van der Waals surface area contributed by atoms with E-state index in [4.69, 9.17) is 0 Å². The third kappa shape index (κ3) is 4.13. The van der Waals surface area contributed by atoms with Crippen LogP contribution in [0, 0.1) is 11.8 Å². The van der Waals surface area contributed by atoms with Crippen LogP contribution in [0.3, 0.4) is 0 Å². The van der Waals surface area contributed by atoms with Gasteiger partial charge in [0.25, 0.3) is 0 Å². The molecule has 0 saturated carbocycles. The number of benzene rings is 1. The number of para-hydroxylation sites is 1. The summed E-state index contributed by atoms with van der Waals surface area (Å²) in [5.74, 6) is 0.954. The lowest BCUT2D eigenvalue weighted by molar-refractivity contribution is -0.126. The summed E-state index contributed by atoms with van der Waals surface area (Å²) in [6.07, 6.45) is 5.80. The molecule has 1 N–H and O–H groups in total. The van der Waals surface area contributed by atoms with Gasteiger partial charge in [-0.15, -0.1) is 0 Å². The first kappa shape index (κ1) is 18.4. The summed E-state index contributed by atoms with van der Waals surface area (Å²) in [5, 5.41) is 3.07. The predicted molar refractivity (Wildman–Crippen MR) is 107 cm³/mol. The molecule has 0 spiro atoms. The zero-order valence-corrected chi connectivity index (χ0v) is 15.8. The lowest BCUT2D eigenvalue weighted by atomic mass is 9.96. The average molecular weight is 379 g/mol. The molecule has 1 unspecified atom stereocenters. The normalized spacial score (nSPS) is 20.4. The van der Waals surface area contributed by atoms with E-state index in [0.29, 0.717) is 19.0 Å². The van der Waals surface area contributed by atoms with Crippen molar-refractivity contribution in [2.45, 2.75) is 19.3 Å². The Morgan fingerprint density at radius 2 is 1.79 bits per heavy atom. The van der Waals surface area contributed by atoms with E-state index in [-0.39, 0.29) is 24.2 Å². The van der Waals surface area contributed by atoms with Crippen LogP contribution in [-0.2, 0) is 9.59 Å². The van der Waals surface area contributed by atoms with E-state index in [9.17, 15) is 9.59 Å². The van der Waals surface area contributed by atoms with Gasteiger partial charge in [0.05, 0.1) is 5.92 Å². The van der Waals surface area contributed by atoms with Crippen molar-refractivity contribution < 1.29 is 9.59 Å². The second-order valence-electron chi connectivity index (χ2n) is 7.47. The molecule has 0 aliphatic carbocycles. The van der Waals surface area contributed by atoms with Crippen molar-refractivity contribution in [2.24, 2.45) is 11.8 Å². The van der Waals surface area contributed by atoms with Gasteiger partial charge in [-0.25, -0.2) is 9.97 Å². The Labute approximate surface area is 164 Å². The Hall–Kier alpha value is -2.96. The Bertz CT molecular complexity index is 806. The first-order valence-electron chi connectivity index (χ1n) is 9.86. The summed E-state index contributed by atoms with van der Waals surface area (Å²) in [6.45, 7) is 2.92. The number of nitrogens with one attached hydrogen (secondary N) is 1. The van der Waals surface area contributed by atoms with Gasteiger partial charge >= 0.3 is 0 Å². The summed E-state index contributed by atoms with van der Waals surface area (Å²) in [5.41, 5.74) is 0.860. The Morgan fingerprint density at radius 1 is 1.07 bits per heavy atom. The topological polar surface area (TPSA) is 78.4 Å². The highest BCUT2D eigenvalue weighted by atomic mass is 16.2. The number of hydrogen-bond acceptors (Lipinski definition) is 5. The molecule has 7 nitrogen and oxygen atoms in total. The zero-order valence-electron chi connectivity index (χ0n) is 15.8. The van der Waals surface area contributed by atoms with E-state index in [0.717, 1.165) is 37.6 Å². The lowest BCUT2D eigenvalue weighted by Gasteiger charge is -2.32. The van der Waals surface area contributed by atoms with Gasteiger partial charge in [-0.3, -0.25) is 9.59 Å². The first-order chi connectivity index (χ1) is 13.7. The molecule has 2 aliphatic rings. The minimum absolute atomic E-state index is 0.0133. The third-order valence-corrected chi connectivity index (χ3v) is 5.58. The minimum atomic E-state index is -0.273. The van der Waals surface area contributed by atoms with Crippen molar-refractivity contribution in [1.82, 2.24) is 15.3 Å². The molecule has 2 amide bonds. The fraction of sp³-hybridized carbons (Fsp3) is 0.429. The summed E-state index contributed by atoms with van der Waals surface area (Å²) >= 11 is 0. The molecular formula is C21H25N5O2. The van der Waals surface area contributed by atoms with Crippen LogP contribution in [0.2, 0.25) is 0 Å². The van der Waals surface area contributed by atoms with Gasteiger partial charge in [0.15, 0.2) is 0 Å². The van der Waals surface area contributed by atoms with Gasteiger partial charge in [0, 0.05) is 50.7 Å². The van der Waals surface area contributed by atoms with E-state index in [1.807, 2.05) is 36.4 Å². The van der Waals surface area contributed by atoms with Crippen molar-refractivity contribution in [3.63, 3.8) is 0 Å². The van der Waals surface area contributed by atoms with Crippen LogP contribution in [0.15, 0.2) is 48.8 Å². The molecule has 0 bridgehead atoms. The van der Waals surface area contributed by atoms with Gasteiger partial charge < -0.3 is 15.1 Å². The van der Waals surface area contributed by atoms with Crippen LogP contribution in [0.5, 0.6) is 0 Å². The molecule has 28 heavy (non-hydrogen) atoms. The standard InChI is InChI=1S/C21H25N5O2/c27-19-13-17(15-26(19)18-5-2-1-3-6-18)20(28)24-14-16-7-11-25(12-8-16)21-22-9-4-10-23-21/h1-6,9-10,16-17H,7-8,11-15H2,(H,24,28). The number of rotatable bonds is 5. The smallest absolute Gasteiger partial charge is 0.227 e. The van der Waals surface area contributed by atoms with Crippen molar-refractivity contribution >= 4 is 23.5 Å². The fourth-order valence-corrected chi connectivity index (χ4v) is 3.92. The number of hydrogen-bond donors (Lipinski definition) is 1. The maximum absolute atomic E-state index is 12.6.